The zero-order chi connectivity index (χ0) is 90.6. The van der Waals surface area contributed by atoms with Crippen LogP contribution in [0.25, 0.3) is 0 Å². The number of carboxylic acid groups (broad SMARTS) is 1. The van der Waals surface area contributed by atoms with E-state index in [0.717, 1.165) is 119 Å². The van der Waals surface area contributed by atoms with Crippen LogP contribution in [0.3, 0.4) is 0 Å². The Kier molecular flexibility index (Phi) is 42.4. The van der Waals surface area contributed by atoms with Gasteiger partial charge in [-0.1, -0.05) is 187 Å². The number of aliphatic carboxylic acids is 1. The third-order valence-corrected chi connectivity index (χ3v) is 25.2. The van der Waals surface area contributed by atoms with Gasteiger partial charge in [-0.05, 0) is 222 Å². The summed E-state index contributed by atoms with van der Waals surface area (Å²) >= 11 is 3.38. The van der Waals surface area contributed by atoms with Crippen molar-refractivity contribution >= 4 is 69.7 Å². The van der Waals surface area contributed by atoms with E-state index in [0.29, 0.717) is 97.7 Å². The van der Waals surface area contributed by atoms with E-state index in [4.69, 9.17) is 18.9 Å². The molecular weight excluding hydrogens is 1660 g/mol. The molecule has 0 bridgehead atoms. The number of piperidine rings is 3. The Hall–Kier alpha value is -9.17. The number of alkyl halides is 1. The van der Waals surface area contributed by atoms with Crippen LogP contribution in [0.4, 0.5) is 14.4 Å². The Balaban J connectivity index is 0.000000303. The number of nitrogens with one attached hydrogen (secondary N) is 1. The molecule has 6 heterocycles. The topological polar surface area (TPSA) is 291 Å². The number of ether oxygens (including phenoxy) is 5. The summed E-state index contributed by atoms with van der Waals surface area (Å²) in [5.41, 5.74) is 6.89. The number of imide groups is 3. The third-order valence-electron chi connectivity index (χ3n) is 24.5. The van der Waals surface area contributed by atoms with E-state index >= 15 is 0 Å². The fourth-order valence-corrected chi connectivity index (χ4v) is 17.6. The monoisotopic (exact) mass is 1800 g/mol. The molecule has 6 fully saturated rings. The second kappa shape index (κ2) is 50.5. The second-order valence-electron chi connectivity index (χ2n) is 34.6. The number of rotatable bonds is 32. The van der Waals surface area contributed by atoms with Crippen LogP contribution >= 0.6 is 15.9 Å². The maximum atomic E-state index is 13.9. The number of carbonyl (C=O) groups excluding carboxylic acids is 8. The largest absolute Gasteiger partial charge is 1.00 e. The van der Waals surface area contributed by atoms with Crippen molar-refractivity contribution in [2.24, 2.45) is 17.8 Å². The molecule has 0 saturated carbocycles. The molecule has 0 aliphatic carbocycles. The van der Waals surface area contributed by atoms with Crippen molar-refractivity contribution < 1.29 is 97.7 Å². The summed E-state index contributed by atoms with van der Waals surface area (Å²) in [5.74, 6) is 0.483. The van der Waals surface area contributed by atoms with Gasteiger partial charge in [0, 0.05) is 78.7 Å². The van der Waals surface area contributed by atoms with Gasteiger partial charge in [0.05, 0.1) is 53.3 Å². The van der Waals surface area contributed by atoms with Gasteiger partial charge in [-0.15, -0.1) is 0 Å². The SMILES string of the molecule is CCN(CC)CC.COC(=O)C(C)c1ccc(CN2CCCC3(C2)C(=O)N(CC(C)C)C(=O)N3CCc2ccc(OC)cc2)cc1.COC(=O)C(C)c1cccc(CBr)c1.COc1ccc(CCN2C(=O)N(CC(C)C)C(=O)C23CCCN(Cc2ccc(C(C)C(=O)O)cc2)C3)cc1.COc1ccc(CCN2C(=O)N(CC(C)C)C(=O)C23CCCNC3)cc1.[2HH].[Li+].[OH-]. The predicted octanol–water partition coefficient (Wildman–Crippen LogP) is 12.4. The first kappa shape index (κ1) is 106. The van der Waals surface area contributed by atoms with Crippen molar-refractivity contribution in [3.05, 3.63) is 196 Å². The summed E-state index contributed by atoms with van der Waals surface area (Å²) < 4.78 is 25.3. The van der Waals surface area contributed by atoms with Gasteiger partial charge in [0.15, 0.2) is 0 Å². The number of esters is 2. The molecule has 0 aromatic heterocycles. The number of nitrogens with zero attached hydrogens (tertiary/aromatic N) is 9. The molecule has 26 nitrogen and oxygen atoms in total. The number of hydrogen-bond acceptors (Lipinski definition) is 19. The summed E-state index contributed by atoms with van der Waals surface area (Å²) in [7, 11) is 7.73. The number of halogens is 1. The molecule has 6 unspecified atom stereocenters. The second-order valence-corrected chi connectivity index (χ2v) is 35.1. The van der Waals surface area contributed by atoms with Gasteiger partial charge in [0.25, 0.3) is 17.7 Å². The van der Waals surface area contributed by atoms with E-state index < -0.39 is 28.5 Å². The molecule has 6 atom stereocenters. The smallest absolute Gasteiger partial charge is 0.870 e. The van der Waals surface area contributed by atoms with E-state index in [1.54, 1.807) is 28.3 Å². The minimum Gasteiger partial charge on any atom is -0.870 e. The number of hydrogen-bond donors (Lipinski definition) is 2. The molecule has 6 aliphatic heterocycles. The number of benzene rings is 6. The van der Waals surface area contributed by atoms with Gasteiger partial charge in [0.2, 0.25) is 0 Å². The third kappa shape index (κ3) is 27.2. The molecular formula is C98H140BrLiN10O16. The molecule has 126 heavy (non-hydrogen) atoms. The van der Waals surface area contributed by atoms with Crippen LogP contribution in [0.15, 0.2) is 146 Å². The van der Waals surface area contributed by atoms with Gasteiger partial charge in [-0.25, -0.2) is 14.4 Å². The summed E-state index contributed by atoms with van der Waals surface area (Å²) in [5, 5.41) is 13.4. The van der Waals surface area contributed by atoms with Crippen molar-refractivity contribution in [3.8, 4) is 17.2 Å². The molecule has 686 valence electrons. The molecule has 0 radical (unpaired) electrons. The summed E-state index contributed by atoms with van der Waals surface area (Å²) in [4.78, 5) is 133. The van der Waals surface area contributed by atoms with Gasteiger partial charge < -0.3 is 59.2 Å². The molecule has 6 aromatic rings. The Bertz CT molecular complexity index is 4460. The molecule has 6 aromatic carbocycles. The number of likely N-dealkylation sites (tertiary alicyclic amines) is 2. The van der Waals surface area contributed by atoms with Crippen molar-refractivity contribution in [2.45, 2.75) is 194 Å². The zero-order valence-corrected chi connectivity index (χ0v) is 79.5. The maximum Gasteiger partial charge on any atom is 1.00 e. The molecule has 3 spiro atoms. The van der Waals surface area contributed by atoms with Gasteiger partial charge in [0.1, 0.15) is 33.9 Å². The van der Waals surface area contributed by atoms with Crippen LogP contribution in [0, 0.1) is 17.8 Å². The van der Waals surface area contributed by atoms with E-state index in [2.05, 4.69) is 61.5 Å². The van der Waals surface area contributed by atoms with Crippen molar-refractivity contribution in [3.63, 3.8) is 0 Å². The number of carbonyl (C=O) groups is 9. The first-order chi connectivity index (χ1) is 59.3. The molecule has 9 amide bonds. The van der Waals surface area contributed by atoms with E-state index in [1.165, 1.54) is 54.1 Å². The number of amides is 9. The average molecular weight is 1800 g/mol. The fraction of sp³-hybridized carbons (Fsp3) is 0.541. The molecule has 6 aliphatic rings. The quantitative estimate of drug-likeness (QED) is 0.0172. The van der Waals surface area contributed by atoms with Gasteiger partial charge >= 0.3 is 54.9 Å². The van der Waals surface area contributed by atoms with Gasteiger partial charge in [-0.3, -0.25) is 53.3 Å². The number of urea groups is 3. The average Bonchev–Trinajstić information content (AvgIpc) is 1.58. The summed E-state index contributed by atoms with van der Waals surface area (Å²) in [6, 6.07) is 46.6. The van der Waals surface area contributed by atoms with Crippen LogP contribution in [0.1, 0.15) is 191 Å². The summed E-state index contributed by atoms with van der Waals surface area (Å²) in [6.07, 6.45) is 6.67. The molecule has 6 saturated heterocycles. The van der Waals surface area contributed by atoms with E-state index in [9.17, 15) is 48.3 Å². The number of carboxylic acids is 1. The Morgan fingerprint density at radius 3 is 1.10 bits per heavy atom. The van der Waals surface area contributed by atoms with Crippen LogP contribution in [-0.4, -0.2) is 259 Å². The maximum absolute atomic E-state index is 13.9. The molecule has 12 rings (SSSR count). The normalized spacial score (nSPS) is 19.5. The van der Waals surface area contributed by atoms with Crippen molar-refractivity contribution in [2.75, 3.05) is 134 Å². The summed E-state index contributed by atoms with van der Waals surface area (Å²) in [6.45, 7) is 36.0. The van der Waals surface area contributed by atoms with Crippen molar-refractivity contribution in [1.82, 2.24) is 49.4 Å². The Morgan fingerprint density at radius 2 is 0.786 bits per heavy atom. The van der Waals surface area contributed by atoms with Crippen molar-refractivity contribution in [1.29, 1.82) is 0 Å². The Morgan fingerprint density at radius 1 is 0.452 bits per heavy atom. The predicted molar refractivity (Wildman–Crippen MR) is 492 cm³/mol. The van der Waals surface area contributed by atoms with Crippen LogP contribution < -0.4 is 38.4 Å². The minimum atomic E-state index is -0.867. The van der Waals surface area contributed by atoms with Gasteiger partial charge in [-0.2, -0.15) is 0 Å². The standard InChI is InChI=1S/C31H41N3O5.C30H39N3O5.C20H29N3O3.C11H13BrO2.C6H15N.Li.H2O.H2/c1-22(2)19-33-29(36)31(34(30(33)37)18-15-24-9-13-27(38-4)14-10-24)16-6-17-32(21-31)20-25-7-11-26(12-8-25)23(3)28(35)39-5;1-21(2)18-32-28(36)30(33(29(32)37)17-14-23-8-12-26(38-4)13-9-23)15-5-16-31(20-30)19-24-6-10-25(11-7-24)22(3)27(34)35;1-15(2)13-22-18(24)20(10-4-11-21-14-20)23(19(22)25)12-9-16-5-7-17(26-3)8-6-16;1-8(11(13)14-2)10-5-3-4-9(6-10)7-12;1-4-7(5-2)6-3;;;/h7-14,22-23H,6,15-21H2,1-5H3;6-13,21-22H,5,14-20H2,1-4H3,(H,34,35);5-8,15,21H,4,9-14H2,1-3H3;3-6,8H,7H2,1-2H3;4-6H2,1-3H3;;1H2;1H/q;;;;;+1;;/p-1/i;;;;;;;1+1. The van der Waals surface area contributed by atoms with E-state index in [1.807, 2.05) is 216 Å². The fourth-order valence-electron chi connectivity index (χ4n) is 17.3. The Labute approximate surface area is 770 Å². The van der Waals surface area contributed by atoms with E-state index in [-0.39, 0.29) is 103 Å². The zero-order valence-electron chi connectivity index (χ0n) is 77.9. The molecule has 3 N–H and O–H groups in total. The minimum absolute atomic E-state index is 0. The number of methoxy groups -OCH3 is 5. The van der Waals surface area contributed by atoms with Crippen LogP contribution in [0.5, 0.6) is 17.2 Å². The first-order valence-electron chi connectivity index (χ1n) is 44.2. The molecule has 28 heteroatoms. The van der Waals surface area contributed by atoms with Crippen LogP contribution in [0.2, 0.25) is 0 Å². The first-order valence-corrected chi connectivity index (χ1v) is 45.3. The van der Waals surface area contributed by atoms with Crippen LogP contribution in [-0.2, 0) is 75.9 Å².